The van der Waals surface area contributed by atoms with Crippen LogP contribution < -0.4 is 4.74 Å². The third kappa shape index (κ3) is 2.66. The molecule has 1 saturated heterocycles. The Labute approximate surface area is 170 Å². The number of hydrogen-bond donors (Lipinski definition) is 0. The average molecular weight is 407 g/mol. The van der Waals surface area contributed by atoms with Gasteiger partial charge in [0.1, 0.15) is 17.3 Å². The Balaban J connectivity index is 1.39. The lowest BCUT2D eigenvalue weighted by Gasteiger charge is -2.13. The van der Waals surface area contributed by atoms with Gasteiger partial charge in [-0.15, -0.1) is 0 Å². The van der Waals surface area contributed by atoms with Gasteiger partial charge in [-0.05, 0) is 42.5 Å². The number of imide groups is 1. The molecule has 2 fully saturated rings. The van der Waals surface area contributed by atoms with Gasteiger partial charge in [-0.2, -0.15) is 10.1 Å². The molecule has 9 nitrogen and oxygen atoms in total. The molecule has 9 heteroatoms. The summed E-state index contributed by atoms with van der Waals surface area (Å²) in [6.45, 7) is 0. The Hall–Kier alpha value is -3.75. The van der Waals surface area contributed by atoms with Crippen molar-refractivity contribution in [3.05, 3.63) is 58.4 Å². The minimum Gasteiger partial charge on any atom is -0.497 e. The third-order valence-electron chi connectivity index (χ3n) is 6.04. The van der Waals surface area contributed by atoms with Gasteiger partial charge in [0.15, 0.2) is 0 Å². The smallest absolute Gasteiger partial charge is 0.284 e. The van der Waals surface area contributed by atoms with Crippen LogP contribution in [-0.2, 0) is 9.59 Å². The molecule has 0 N–H and O–H groups in total. The van der Waals surface area contributed by atoms with Gasteiger partial charge in [-0.3, -0.25) is 19.7 Å². The van der Waals surface area contributed by atoms with Gasteiger partial charge in [-0.1, -0.05) is 12.2 Å². The zero-order chi connectivity index (χ0) is 21.0. The van der Waals surface area contributed by atoms with Crippen LogP contribution in [0.25, 0.3) is 11.3 Å². The molecule has 30 heavy (non-hydrogen) atoms. The van der Waals surface area contributed by atoms with Crippen molar-refractivity contribution in [2.75, 3.05) is 7.11 Å². The highest BCUT2D eigenvalue weighted by Crippen LogP contribution is 2.52. The van der Waals surface area contributed by atoms with Crippen molar-refractivity contribution in [2.24, 2.45) is 28.8 Å². The van der Waals surface area contributed by atoms with Gasteiger partial charge in [0.2, 0.25) is 0 Å². The number of methoxy groups -OCH3 is 1. The standard InChI is InChI=1S/C21H17N3O6/c1-29-13-4-6-15(16(9-13)24(27)28)17-7-5-14(30-17)10-22-23-20(25)18-11-2-3-12(8-11)19(18)21(23)26/h2-7,9-12,18-19H,8H2,1H3/b22-10-/t11-,12-,18-,19-/m0/s1. The van der Waals surface area contributed by atoms with Crippen molar-refractivity contribution in [1.82, 2.24) is 5.01 Å². The van der Waals surface area contributed by atoms with Gasteiger partial charge in [0, 0.05) is 0 Å². The van der Waals surface area contributed by atoms with Crippen LogP contribution in [0.1, 0.15) is 12.2 Å². The quantitative estimate of drug-likeness (QED) is 0.247. The number of benzene rings is 1. The topological polar surface area (TPSA) is 115 Å². The summed E-state index contributed by atoms with van der Waals surface area (Å²) in [5.74, 6) is -0.0782. The number of carbonyl (C=O) groups is 2. The largest absolute Gasteiger partial charge is 0.497 e. The summed E-state index contributed by atoms with van der Waals surface area (Å²) >= 11 is 0. The Kier molecular flexibility index (Phi) is 4.05. The number of hydrazone groups is 1. The molecular formula is C21H17N3O6. The van der Waals surface area contributed by atoms with Crippen LogP contribution in [0.3, 0.4) is 0 Å². The van der Waals surface area contributed by atoms with Crippen LogP contribution in [0.5, 0.6) is 5.75 Å². The summed E-state index contributed by atoms with van der Waals surface area (Å²) in [5, 5.41) is 16.4. The molecule has 152 valence electrons. The molecule has 0 unspecified atom stereocenters. The van der Waals surface area contributed by atoms with Crippen LogP contribution in [0.15, 0.2) is 52.0 Å². The maximum Gasteiger partial charge on any atom is 0.284 e. The number of furan rings is 1. The monoisotopic (exact) mass is 407 g/mol. The number of allylic oxidation sites excluding steroid dienone is 2. The molecule has 0 spiro atoms. The lowest BCUT2D eigenvalue weighted by Crippen LogP contribution is -2.28. The average Bonchev–Trinajstić information content (AvgIpc) is 3.51. The summed E-state index contributed by atoms with van der Waals surface area (Å²) < 4.78 is 10.7. The molecule has 4 atom stereocenters. The molecule has 1 saturated carbocycles. The number of fused-ring (bicyclic) bond motifs is 5. The second kappa shape index (κ2) is 6.65. The highest BCUT2D eigenvalue weighted by Gasteiger charge is 2.59. The Bertz CT molecular complexity index is 1100. The fourth-order valence-electron chi connectivity index (χ4n) is 4.68. The molecular weight excluding hydrogens is 390 g/mol. The summed E-state index contributed by atoms with van der Waals surface area (Å²) in [4.78, 5) is 36.2. The van der Waals surface area contributed by atoms with Crippen molar-refractivity contribution in [1.29, 1.82) is 0 Å². The van der Waals surface area contributed by atoms with Gasteiger partial charge in [0.25, 0.3) is 17.5 Å². The number of rotatable bonds is 5. The Morgan fingerprint density at radius 1 is 1.17 bits per heavy atom. The van der Waals surface area contributed by atoms with E-state index in [1.165, 1.54) is 25.5 Å². The first-order valence-corrected chi connectivity index (χ1v) is 9.50. The molecule has 2 heterocycles. The van der Waals surface area contributed by atoms with E-state index in [4.69, 9.17) is 9.15 Å². The molecule has 0 radical (unpaired) electrons. The number of carbonyl (C=O) groups excluding carboxylic acids is 2. The van der Waals surface area contributed by atoms with Crippen LogP contribution in [0, 0.1) is 33.8 Å². The van der Waals surface area contributed by atoms with Crippen LogP contribution in [-0.4, -0.2) is 35.1 Å². The molecule has 1 aliphatic heterocycles. The number of amides is 2. The molecule has 1 aromatic heterocycles. The maximum absolute atomic E-state index is 12.7. The van der Waals surface area contributed by atoms with Crippen LogP contribution in [0.4, 0.5) is 5.69 Å². The van der Waals surface area contributed by atoms with E-state index >= 15 is 0 Å². The van der Waals surface area contributed by atoms with Gasteiger partial charge < -0.3 is 9.15 Å². The first-order chi connectivity index (χ1) is 14.5. The lowest BCUT2D eigenvalue weighted by molar-refractivity contribution is -0.384. The fraction of sp³-hybridized carbons (Fsp3) is 0.286. The summed E-state index contributed by atoms with van der Waals surface area (Å²) in [6.07, 6.45) is 6.17. The van der Waals surface area contributed by atoms with E-state index in [1.807, 2.05) is 12.2 Å². The second-order valence-electron chi connectivity index (χ2n) is 7.57. The summed E-state index contributed by atoms with van der Waals surface area (Å²) in [6, 6.07) is 7.59. The Morgan fingerprint density at radius 3 is 2.50 bits per heavy atom. The van der Waals surface area contributed by atoms with E-state index in [0.717, 1.165) is 11.4 Å². The second-order valence-corrected chi connectivity index (χ2v) is 7.57. The van der Waals surface area contributed by atoms with E-state index in [2.05, 4.69) is 5.10 Å². The summed E-state index contributed by atoms with van der Waals surface area (Å²) in [7, 11) is 1.43. The third-order valence-corrected chi connectivity index (χ3v) is 6.04. The molecule has 1 aromatic carbocycles. The van der Waals surface area contributed by atoms with Gasteiger partial charge in [-0.25, -0.2) is 0 Å². The minimum absolute atomic E-state index is 0.113. The maximum atomic E-state index is 12.7. The summed E-state index contributed by atoms with van der Waals surface area (Å²) in [5.41, 5.74) is 0.124. The SMILES string of the molecule is COc1ccc(-c2ccc(/C=N\N3C(=O)[C@@H]4[C@@H](C3=O)[C@H]3C=C[C@H]4C3)o2)c([N+](=O)[O-])c1. The van der Waals surface area contributed by atoms with Gasteiger partial charge >= 0.3 is 0 Å². The normalized spacial score (nSPS) is 26.8. The predicted molar refractivity (Wildman–Crippen MR) is 105 cm³/mol. The van der Waals surface area contributed by atoms with E-state index in [1.54, 1.807) is 18.2 Å². The van der Waals surface area contributed by atoms with E-state index < -0.39 is 4.92 Å². The zero-order valence-electron chi connectivity index (χ0n) is 15.9. The van der Waals surface area contributed by atoms with E-state index in [0.29, 0.717) is 5.75 Å². The molecule has 2 aromatic rings. The molecule has 2 aliphatic carbocycles. The number of ether oxygens (including phenoxy) is 1. The van der Waals surface area contributed by atoms with Crippen molar-refractivity contribution >= 4 is 23.7 Å². The number of hydrogen-bond acceptors (Lipinski definition) is 7. The number of nitrogens with zero attached hydrogens (tertiary/aromatic N) is 3. The molecule has 3 aliphatic rings. The highest BCUT2D eigenvalue weighted by molar-refractivity contribution is 6.06. The zero-order valence-corrected chi connectivity index (χ0v) is 15.9. The predicted octanol–water partition coefficient (Wildman–Crippen LogP) is 3.00. The fourth-order valence-corrected chi connectivity index (χ4v) is 4.68. The number of nitro benzene ring substituents is 1. The van der Waals surface area contributed by atoms with Crippen molar-refractivity contribution in [3.63, 3.8) is 0 Å². The first-order valence-electron chi connectivity index (χ1n) is 9.50. The van der Waals surface area contributed by atoms with E-state index in [9.17, 15) is 19.7 Å². The molecule has 2 bridgehead atoms. The minimum atomic E-state index is -0.517. The molecule has 5 rings (SSSR count). The van der Waals surface area contributed by atoms with E-state index in [-0.39, 0.29) is 58.3 Å². The van der Waals surface area contributed by atoms with Crippen molar-refractivity contribution < 1.29 is 23.7 Å². The van der Waals surface area contributed by atoms with Crippen LogP contribution in [0.2, 0.25) is 0 Å². The van der Waals surface area contributed by atoms with Crippen molar-refractivity contribution in [2.45, 2.75) is 6.42 Å². The molecule has 2 amide bonds. The van der Waals surface area contributed by atoms with Crippen LogP contribution >= 0.6 is 0 Å². The first kappa shape index (κ1) is 18.3. The lowest BCUT2D eigenvalue weighted by atomic mass is 9.85. The number of nitro groups is 1. The van der Waals surface area contributed by atoms with Crippen molar-refractivity contribution in [3.8, 4) is 17.1 Å². The van der Waals surface area contributed by atoms with Gasteiger partial charge in [0.05, 0.1) is 41.7 Å². The highest BCUT2D eigenvalue weighted by atomic mass is 16.6. The Morgan fingerprint density at radius 2 is 1.87 bits per heavy atom.